The fraction of sp³-hybridized carbons (Fsp3) is 0.833. The molecule has 1 rings (SSSR count). The maximum absolute atomic E-state index is 11.8. The van der Waals surface area contributed by atoms with Crippen LogP contribution in [0.4, 0.5) is 0 Å². The molecule has 1 fully saturated rings. The van der Waals surface area contributed by atoms with E-state index >= 15 is 0 Å². The summed E-state index contributed by atoms with van der Waals surface area (Å²) in [5.41, 5.74) is -0.910. The first-order valence-electron chi connectivity index (χ1n) is 6.09. The zero-order valence-electron chi connectivity index (χ0n) is 10.7. The first kappa shape index (κ1) is 14.0. The molecular weight excluding hydrogens is 220 g/mol. The van der Waals surface area contributed by atoms with E-state index in [2.05, 4.69) is 10.6 Å². The molecule has 2 amide bonds. The maximum Gasteiger partial charge on any atom is 0.223 e. The Morgan fingerprint density at radius 3 is 2.82 bits per heavy atom. The molecule has 0 aromatic carbocycles. The summed E-state index contributed by atoms with van der Waals surface area (Å²) in [6, 6.07) is 0. The largest absolute Gasteiger partial charge is 0.388 e. The van der Waals surface area contributed by atoms with Gasteiger partial charge in [-0.25, -0.2) is 0 Å². The van der Waals surface area contributed by atoms with Crippen molar-refractivity contribution in [1.29, 1.82) is 0 Å². The highest BCUT2D eigenvalue weighted by molar-refractivity contribution is 5.86. The molecule has 1 heterocycles. The molecule has 0 saturated carbocycles. The van der Waals surface area contributed by atoms with E-state index in [4.69, 9.17) is 0 Å². The molecule has 0 aliphatic carbocycles. The van der Waals surface area contributed by atoms with Crippen molar-refractivity contribution in [2.45, 2.75) is 39.2 Å². The molecule has 0 bridgehead atoms. The third-order valence-electron chi connectivity index (χ3n) is 3.48. The molecule has 0 spiro atoms. The van der Waals surface area contributed by atoms with Gasteiger partial charge in [-0.3, -0.25) is 9.59 Å². The van der Waals surface area contributed by atoms with Gasteiger partial charge in [0.15, 0.2) is 0 Å². The van der Waals surface area contributed by atoms with Crippen LogP contribution in [-0.2, 0) is 9.59 Å². The molecule has 3 N–H and O–H groups in total. The Morgan fingerprint density at radius 1 is 1.65 bits per heavy atom. The first-order valence-corrected chi connectivity index (χ1v) is 6.09. The third kappa shape index (κ3) is 4.00. The molecule has 2 unspecified atom stereocenters. The van der Waals surface area contributed by atoms with Gasteiger partial charge in [0.05, 0.1) is 5.60 Å². The van der Waals surface area contributed by atoms with Crippen LogP contribution >= 0.6 is 0 Å². The number of piperidine rings is 1. The number of carbonyl (C=O) groups is 2. The standard InChI is InChI=1S/C12H22N2O3/c1-8(2)12(3,17)7-14-11(16)9-4-5-13-10(15)6-9/h8-9,17H,4-7H2,1-3H3,(H,13,15)(H,14,16). The Hall–Kier alpha value is -1.10. The summed E-state index contributed by atoms with van der Waals surface area (Å²) in [5, 5.41) is 15.4. The molecular formula is C12H22N2O3. The lowest BCUT2D eigenvalue weighted by atomic mass is 9.91. The van der Waals surface area contributed by atoms with Crippen molar-refractivity contribution in [3.05, 3.63) is 0 Å². The Morgan fingerprint density at radius 2 is 2.29 bits per heavy atom. The molecule has 1 saturated heterocycles. The molecule has 0 aromatic rings. The van der Waals surface area contributed by atoms with Gasteiger partial charge in [0.2, 0.25) is 11.8 Å². The van der Waals surface area contributed by atoms with E-state index in [1.165, 1.54) is 0 Å². The number of nitrogens with one attached hydrogen (secondary N) is 2. The predicted molar refractivity (Wildman–Crippen MR) is 64.2 cm³/mol. The van der Waals surface area contributed by atoms with E-state index in [-0.39, 0.29) is 36.6 Å². The van der Waals surface area contributed by atoms with Crippen LogP contribution in [0.2, 0.25) is 0 Å². The van der Waals surface area contributed by atoms with E-state index in [0.717, 1.165) is 0 Å². The third-order valence-corrected chi connectivity index (χ3v) is 3.48. The van der Waals surface area contributed by atoms with Crippen LogP contribution in [0.15, 0.2) is 0 Å². The Kier molecular flexibility index (Phi) is 4.51. The molecule has 2 atom stereocenters. The summed E-state index contributed by atoms with van der Waals surface area (Å²) >= 11 is 0. The van der Waals surface area contributed by atoms with E-state index in [9.17, 15) is 14.7 Å². The molecule has 1 aliphatic rings. The van der Waals surface area contributed by atoms with E-state index in [1.807, 2.05) is 13.8 Å². The second-order valence-electron chi connectivity index (χ2n) is 5.27. The van der Waals surface area contributed by atoms with Crippen LogP contribution in [0.25, 0.3) is 0 Å². The fourth-order valence-electron chi connectivity index (χ4n) is 1.62. The van der Waals surface area contributed by atoms with Gasteiger partial charge in [-0.15, -0.1) is 0 Å². The molecule has 1 aliphatic heterocycles. The highest BCUT2D eigenvalue weighted by Crippen LogP contribution is 2.16. The van der Waals surface area contributed by atoms with Gasteiger partial charge in [0, 0.05) is 25.4 Å². The molecule has 5 heteroatoms. The van der Waals surface area contributed by atoms with Gasteiger partial charge in [0.1, 0.15) is 0 Å². The number of rotatable bonds is 4. The smallest absolute Gasteiger partial charge is 0.223 e. The van der Waals surface area contributed by atoms with Crippen LogP contribution in [-0.4, -0.2) is 35.6 Å². The van der Waals surface area contributed by atoms with Crippen molar-refractivity contribution in [3.8, 4) is 0 Å². The topological polar surface area (TPSA) is 78.4 Å². The maximum atomic E-state index is 11.8. The van der Waals surface area contributed by atoms with Gasteiger partial charge in [-0.2, -0.15) is 0 Å². The highest BCUT2D eigenvalue weighted by atomic mass is 16.3. The van der Waals surface area contributed by atoms with E-state index in [0.29, 0.717) is 13.0 Å². The van der Waals surface area contributed by atoms with Crippen molar-refractivity contribution in [2.75, 3.05) is 13.1 Å². The van der Waals surface area contributed by atoms with Crippen molar-refractivity contribution in [1.82, 2.24) is 10.6 Å². The number of carbonyl (C=O) groups excluding carboxylic acids is 2. The summed E-state index contributed by atoms with van der Waals surface area (Å²) in [7, 11) is 0. The van der Waals surface area contributed by atoms with Gasteiger partial charge in [-0.1, -0.05) is 13.8 Å². The molecule has 5 nitrogen and oxygen atoms in total. The van der Waals surface area contributed by atoms with Gasteiger partial charge in [-0.05, 0) is 19.3 Å². The monoisotopic (exact) mass is 242 g/mol. The zero-order chi connectivity index (χ0) is 13.1. The zero-order valence-corrected chi connectivity index (χ0v) is 10.7. The molecule has 0 radical (unpaired) electrons. The minimum atomic E-state index is -0.910. The van der Waals surface area contributed by atoms with E-state index < -0.39 is 5.60 Å². The van der Waals surface area contributed by atoms with Gasteiger partial charge >= 0.3 is 0 Å². The second kappa shape index (κ2) is 5.49. The Bertz CT molecular complexity index is 300. The summed E-state index contributed by atoms with van der Waals surface area (Å²) < 4.78 is 0. The number of hydrogen-bond acceptors (Lipinski definition) is 3. The molecule has 17 heavy (non-hydrogen) atoms. The van der Waals surface area contributed by atoms with Crippen LogP contribution in [0.5, 0.6) is 0 Å². The van der Waals surface area contributed by atoms with Crippen molar-refractivity contribution < 1.29 is 14.7 Å². The highest BCUT2D eigenvalue weighted by Gasteiger charge is 2.29. The first-order chi connectivity index (χ1) is 7.83. The Labute approximate surface area is 102 Å². The predicted octanol–water partition coefficient (Wildman–Crippen LogP) is 0.0358. The summed E-state index contributed by atoms with van der Waals surface area (Å²) in [6.07, 6.45) is 0.914. The lowest BCUT2D eigenvalue weighted by Crippen LogP contribution is -2.48. The van der Waals surface area contributed by atoms with Gasteiger partial charge in [0.25, 0.3) is 0 Å². The quantitative estimate of drug-likeness (QED) is 0.651. The van der Waals surface area contributed by atoms with Crippen molar-refractivity contribution in [3.63, 3.8) is 0 Å². The molecule has 0 aromatic heterocycles. The van der Waals surface area contributed by atoms with Crippen LogP contribution in [0.3, 0.4) is 0 Å². The number of amides is 2. The van der Waals surface area contributed by atoms with Crippen molar-refractivity contribution in [2.24, 2.45) is 11.8 Å². The van der Waals surface area contributed by atoms with Crippen LogP contribution < -0.4 is 10.6 Å². The van der Waals surface area contributed by atoms with Crippen LogP contribution in [0.1, 0.15) is 33.6 Å². The average molecular weight is 242 g/mol. The minimum absolute atomic E-state index is 0.0671. The number of aliphatic hydroxyl groups is 1. The normalized spacial score (nSPS) is 24.1. The molecule has 98 valence electrons. The summed E-state index contributed by atoms with van der Waals surface area (Å²) in [5.74, 6) is -0.406. The van der Waals surface area contributed by atoms with E-state index in [1.54, 1.807) is 6.92 Å². The second-order valence-corrected chi connectivity index (χ2v) is 5.27. The van der Waals surface area contributed by atoms with Gasteiger partial charge < -0.3 is 15.7 Å². The van der Waals surface area contributed by atoms with Crippen molar-refractivity contribution >= 4 is 11.8 Å². The minimum Gasteiger partial charge on any atom is -0.388 e. The fourth-order valence-corrected chi connectivity index (χ4v) is 1.62. The Balaban J connectivity index is 2.41. The summed E-state index contributed by atoms with van der Waals surface area (Å²) in [4.78, 5) is 23.0. The SMILES string of the molecule is CC(C)C(C)(O)CNC(=O)C1CCNC(=O)C1. The lowest BCUT2D eigenvalue weighted by molar-refractivity contribution is -0.133. The number of hydrogen-bond donors (Lipinski definition) is 3. The van der Waals surface area contributed by atoms with Crippen LogP contribution in [0, 0.1) is 11.8 Å². The summed E-state index contributed by atoms with van der Waals surface area (Å²) in [6.45, 7) is 6.28. The average Bonchev–Trinajstić information content (AvgIpc) is 2.25. The lowest BCUT2D eigenvalue weighted by Gasteiger charge is -2.29.